The molecule has 1 heterocycles. The van der Waals surface area contributed by atoms with Gasteiger partial charge in [0.25, 0.3) is 0 Å². The van der Waals surface area contributed by atoms with Gasteiger partial charge in [0, 0.05) is 29.1 Å². The molecule has 2 rings (SSSR count). The highest BCUT2D eigenvalue weighted by molar-refractivity contribution is 9.10. The lowest BCUT2D eigenvalue weighted by Crippen LogP contribution is -2.04. The molecule has 0 radical (unpaired) electrons. The molecule has 0 saturated heterocycles. The Labute approximate surface area is 98.1 Å². The first kappa shape index (κ1) is 10.3. The lowest BCUT2D eigenvalue weighted by molar-refractivity contribution is 0.842. The Hall–Kier alpha value is -1.22. The fourth-order valence-electron chi connectivity index (χ4n) is 1.47. The fourth-order valence-corrected chi connectivity index (χ4v) is 1.90. The maximum absolute atomic E-state index is 3.51. The second-order valence-electron chi connectivity index (χ2n) is 3.44. The summed E-state index contributed by atoms with van der Waals surface area (Å²) in [5.74, 6) is 0. The maximum Gasteiger partial charge on any atom is 0.0553 e. The van der Waals surface area contributed by atoms with Crippen LogP contribution in [0.3, 0.4) is 0 Å². The Kier molecular flexibility index (Phi) is 3.11. The zero-order valence-electron chi connectivity index (χ0n) is 8.57. The van der Waals surface area contributed by atoms with E-state index in [1.54, 1.807) is 0 Å². The molecular formula is C12H13BrN2. The van der Waals surface area contributed by atoms with E-state index >= 15 is 0 Å². The van der Waals surface area contributed by atoms with Crippen molar-refractivity contribution in [1.82, 2.24) is 4.57 Å². The van der Waals surface area contributed by atoms with Crippen molar-refractivity contribution in [1.29, 1.82) is 0 Å². The van der Waals surface area contributed by atoms with Crippen LogP contribution in [0.5, 0.6) is 0 Å². The van der Waals surface area contributed by atoms with Gasteiger partial charge in [0.15, 0.2) is 0 Å². The molecule has 0 spiro atoms. The van der Waals surface area contributed by atoms with Crippen LogP contribution in [0.15, 0.2) is 47.1 Å². The molecule has 3 heteroatoms. The van der Waals surface area contributed by atoms with E-state index in [0.29, 0.717) is 0 Å². The van der Waals surface area contributed by atoms with Crippen LogP contribution in [0.1, 0.15) is 5.69 Å². The second-order valence-corrected chi connectivity index (χ2v) is 4.30. The van der Waals surface area contributed by atoms with Crippen molar-refractivity contribution in [2.75, 3.05) is 5.32 Å². The summed E-state index contributed by atoms with van der Waals surface area (Å²) in [6.45, 7) is 0.839. The molecule has 0 bridgehead atoms. The van der Waals surface area contributed by atoms with E-state index < -0.39 is 0 Å². The van der Waals surface area contributed by atoms with Gasteiger partial charge >= 0.3 is 0 Å². The van der Waals surface area contributed by atoms with Crippen molar-refractivity contribution < 1.29 is 0 Å². The van der Waals surface area contributed by atoms with Crippen molar-refractivity contribution in [3.63, 3.8) is 0 Å². The topological polar surface area (TPSA) is 17.0 Å². The third-order valence-corrected chi connectivity index (χ3v) is 3.08. The van der Waals surface area contributed by atoms with Crippen molar-refractivity contribution in [3.05, 3.63) is 52.8 Å². The van der Waals surface area contributed by atoms with E-state index in [-0.39, 0.29) is 0 Å². The summed E-state index contributed by atoms with van der Waals surface area (Å²) in [7, 11) is 2.05. The van der Waals surface area contributed by atoms with Crippen LogP contribution in [-0.2, 0) is 13.6 Å². The van der Waals surface area contributed by atoms with Crippen molar-refractivity contribution in [2.45, 2.75) is 6.54 Å². The standard InChI is InChI=1S/C12H13BrN2/c1-15-8-4-5-10(15)9-14-12-7-3-2-6-11(12)13/h2-8,14H,9H2,1H3. The van der Waals surface area contributed by atoms with Gasteiger partial charge in [-0.15, -0.1) is 0 Å². The fraction of sp³-hybridized carbons (Fsp3) is 0.167. The number of aryl methyl sites for hydroxylation is 1. The number of nitrogens with one attached hydrogen (secondary N) is 1. The molecule has 15 heavy (non-hydrogen) atoms. The Bertz CT molecular complexity index is 448. The highest BCUT2D eigenvalue weighted by Crippen LogP contribution is 2.21. The molecule has 0 amide bonds. The lowest BCUT2D eigenvalue weighted by Gasteiger charge is -2.08. The molecule has 1 aromatic heterocycles. The number of para-hydroxylation sites is 1. The predicted molar refractivity (Wildman–Crippen MR) is 66.9 cm³/mol. The SMILES string of the molecule is Cn1cccc1CNc1ccccc1Br. The minimum absolute atomic E-state index is 0.839. The van der Waals surface area contributed by atoms with Gasteiger partial charge in [-0.1, -0.05) is 12.1 Å². The number of rotatable bonds is 3. The van der Waals surface area contributed by atoms with Gasteiger partial charge < -0.3 is 9.88 Å². The summed E-state index contributed by atoms with van der Waals surface area (Å²) in [4.78, 5) is 0. The first-order chi connectivity index (χ1) is 7.27. The summed E-state index contributed by atoms with van der Waals surface area (Å²) in [6, 6.07) is 12.3. The van der Waals surface area contributed by atoms with Crippen LogP contribution >= 0.6 is 15.9 Å². The number of hydrogen-bond acceptors (Lipinski definition) is 1. The number of benzene rings is 1. The summed E-state index contributed by atoms with van der Waals surface area (Å²) >= 11 is 3.51. The quantitative estimate of drug-likeness (QED) is 0.900. The summed E-state index contributed by atoms with van der Waals surface area (Å²) < 4.78 is 3.21. The van der Waals surface area contributed by atoms with Crippen LogP contribution in [0, 0.1) is 0 Å². The molecule has 1 N–H and O–H groups in total. The molecule has 0 aliphatic carbocycles. The van der Waals surface area contributed by atoms with Gasteiger partial charge in [0.1, 0.15) is 0 Å². The third-order valence-electron chi connectivity index (χ3n) is 2.39. The van der Waals surface area contributed by atoms with Crippen molar-refractivity contribution >= 4 is 21.6 Å². The van der Waals surface area contributed by atoms with Gasteiger partial charge in [-0.2, -0.15) is 0 Å². The smallest absolute Gasteiger partial charge is 0.0553 e. The molecule has 0 aliphatic rings. The number of hydrogen-bond donors (Lipinski definition) is 1. The first-order valence-electron chi connectivity index (χ1n) is 4.86. The maximum atomic E-state index is 3.51. The van der Waals surface area contributed by atoms with Gasteiger partial charge in [-0.3, -0.25) is 0 Å². The number of anilines is 1. The largest absolute Gasteiger partial charge is 0.379 e. The van der Waals surface area contributed by atoms with E-state index in [1.165, 1.54) is 5.69 Å². The molecule has 0 saturated carbocycles. The predicted octanol–water partition coefficient (Wildman–Crippen LogP) is 3.40. The number of aromatic nitrogens is 1. The van der Waals surface area contributed by atoms with Crippen LogP contribution in [0.25, 0.3) is 0 Å². The van der Waals surface area contributed by atoms with Gasteiger partial charge in [-0.05, 0) is 40.2 Å². The van der Waals surface area contributed by atoms with Crippen LogP contribution in [0.4, 0.5) is 5.69 Å². The molecule has 0 aliphatic heterocycles. The average molecular weight is 265 g/mol. The van der Waals surface area contributed by atoms with E-state index in [4.69, 9.17) is 0 Å². The Morgan fingerprint density at radius 1 is 1.20 bits per heavy atom. The van der Waals surface area contributed by atoms with Crippen molar-refractivity contribution in [2.24, 2.45) is 7.05 Å². The molecule has 2 nitrogen and oxygen atoms in total. The van der Waals surface area contributed by atoms with Gasteiger partial charge in [0.05, 0.1) is 6.54 Å². The number of halogens is 1. The second kappa shape index (κ2) is 4.53. The monoisotopic (exact) mass is 264 g/mol. The molecule has 78 valence electrons. The third kappa shape index (κ3) is 2.42. The zero-order chi connectivity index (χ0) is 10.7. The van der Waals surface area contributed by atoms with Crippen LogP contribution < -0.4 is 5.32 Å². The highest BCUT2D eigenvalue weighted by atomic mass is 79.9. The molecule has 2 aromatic rings. The van der Waals surface area contributed by atoms with E-state index in [0.717, 1.165) is 16.7 Å². The normalized spacial score (nSPS) is 10.3. The molecule has 0 atom stereocenters. The first-order valence-corrected chi connectivity index (χ1v) is 5.65. The minimum atomic E-state index is 0.839. The highest BCUT2D eigenvalue weighted by Gasteiger charge is 1.99. The van der Waals surface area contributed by atoms with E-state index in [1.807, 2.05) is 18.2 Å². The van der Waals surface area contributed by atoms with Crippen molar-refractivity contribution in [3.8, 4) is 0 Å². The number of nitrogens with zero attached hydrogens (tertiary/aromatic N) is 1. The van der Waals surface area contributed by atoms with Gasteiger partial charge in [0.2, 0.25) is 0 Å². The lowest BCUT2D eigenvalue weighted by atomic mass is 10.3. The Balaban J connectivity index is 2.06. The molecule has 1 aromatic carbocycles. The zero-order valence-corrected chi connectivity index (χ0v) is 10.2. The van der Waals surface area contributed by atoms with Gasteiger partial charge in [-0.25, -0.2) is 0 Å². The Morgan fingerprint density at radius 3 is 2.67 bits per heavy atom. The average Bonchev–Trinajstić information content (AvgIpc) is 2.63. The van der Waals surface area contributed by atoms with Crippen LogP contribution in [0.2, 0.25) is 0 Å². The Morgan fingerprint density at radius 2 is 2.00 bits per heavy atom. The van der Waals surface area contributed by atoms with Crippen LogP contribution in [-0.4, -0.2) is 4.57 Å². The minimum Gasteiger partial charge on any atom is -0.379 e. The summed E-state index contributed by atoms with van der Waals surface area (Å²) in [6.07, 6.45) is 2.05. The summed E-state index contributed by atoms with van der Waals surface area (Å²) in [5.41, 5.74) is 2.39. The molecule has 0 unspecified atom stereocenters. The van der Waals surface area contributed by atoms with E-state index in [2.05, 4.69) is 57.3 Å². The molecular weight excluding hydrogens is 252 g/mol. The summed E-state index contributed by atoms with van der Waals surface area (Å²) in [5, 5.41) is 3.39. The molecule has 0 fully saturated rings. The van der Waals surface area contributed by atoms with E-state index in [9.17, 15) is 0 Å².